The molecule has 0 aliphatic carbocycles. The molecule has 3 nitrogen and oxygen atoms in total. The fraction of sp³-hybridized carbons (Fsp3) is 0.800. The topological polar surface area (TPSA) is 37.4 Å². The third-order valence-electron chi connectivity index (χ3n) is 2.14. The molecular formula is C10H20ClNO2S. The molecule has 0 fully saturated rings. The zero-order valence-corrected chi connectivity index (χ0v) is 10.9. The molecule has 0 rings (SSSR count). The molecule has 0 bridgehead atoms. The number of hydrogen-bond donors (Lipinski definition) is 0. The molecule has 0 unspecified atom stereocenters. The molecule has 0 atom stereocenters. The summed E-state index contributed by atoms with van der Waals surface area (Å²) in [5, 5.41) is 0. The molecule has 0 aromatic carbocycles. The standard InChI is InChI=1S/C10H20ClNO2S/c1-3-4-6-9-12(2)15(13,14)10-7-5-8-11/h3H,1,4-10H2,2H3. The van der Waals surface area contributed by atoms with E-state index in [2.05, 4.69) is 6.58 Å². The van der Waals surface area contributed by atoms with Gasteiger partial charge in [0.15, 0.2) is 0 Å². The van der Waals surface area contributed by atoms with Crippen molar-refractivity contribution in [1.29, 1.82) is 0 Å². The average molecular weight is 254 g/mol. The van der Waals surface area contributed by atoms with Gasteiger partial charge in [-0.25, -0.2) is 12.7 Å². The van der Waals surface area contributed by atoms with Crippen LogP contribution >= 0.6 is 11.6 Å². The number of allylic oxidation sites excluding steroid dienone is 1. The average Bonchev–Trinajstić information content (AvgIpc) is 2.18. The van der Waals surface area contributed by atoms with E-state index in [1.54, 1.807) is 13.1 Å². The van der Waals surface area contributed by atoms with E-state index in [0.717, 1.165) is 19.3 Å². The molecule has 0 aromatic rings. The number of sulfonamides is 1. The van der Waals surface area contributed by atoms with Crippen LogP contribution in [0.5, 0.6) is 0 Å². The van der Waals surface area contributed by atoms with Gasteiger partial charge >= 0.3 is 0 Å². The Bertz CT molecular complexity index is 265. The zero-order chi connectivity index (χ0) is 11.7. The lowest BCUT2D eigenvalue weighted by Crippen LogP contribution is -2.30. The molecule has 0 amide bonds. The third-order valence-corrected chi connectivity index (χ3v) is 4.35. The smallest absolute Gasteiger partial charge is 0.212 e. The van der Waals surface area contributed by atoms with Crippen LogP contribution in [-0.2, 0) is 10.0 Å². The number of rotatable bonds is 9. The predicted molar refractivity (Wildman–Crippen MR) is 65.8 cm³/mol. The maximum atomic E-state index is 11.7. The van der Waals surface area contributed by atoms with Gasteiger partial charge in [-0.2, -0.15) is 0 Å². The molecule has 0 heterocycles. The van der Waals surface area contributed by atoms with Gasteiger partial charge in [-0.1, -0.05) is 6.08 Å². The summed E-state index contributed by atoms with van der Waals surface area (Å²) in [4.78, 5) is 0. The molecule has 0 aliphatic heterocycles. The van der Waals surface area contributed by atoms with E-state index in [0.29, 0.717) is 18.8 Å². The molecular weight excluding hydrogens is 234 g/mol. The molecule has 0 N–H and O–H groups in total. The minimum Gasteiger partial charge on any atom is -0.212 e. The van der Waals surface area contributed by atoms with E-state index >= 15 is 0 Å². The van der Waals surface area contributed by atoms with Gasteiger partial charge < -0.3 is 0 Å². The van der Waals surface area contributed by atoms with Crippen molar-refractivity contribution in [3.8, 4) is 0 Å². The van der Waals surface area contributed by atoms with Gasteiger partial charge in [-0.15, -0.1) is 18.2 Å². The summed E-state index contributed by atoms with van der Waals surface area (Å²) in [6.07, 6.45) is 4.86. The van der Waals surface area contributed by atoms with Gasteiger partial charge in [0.05, 0.1) is 5.75 Å². The largest absolute Gasteiger partial charge is 0.213 e. The highest BCUT2D eigenvalue weighted by atomic mass is 35.5. The second-order valence-corrected chi connectivity index (χ2v) is 6.04. The predicted octanol–water partition coefficient (Wildman–Crippen LogP) is 2.23. The van der Waals surface area contributed by atoms with Crippen molar-refractivity contribution in [3.05, 3.63) is 12.7 Å². The van der Waals surface area contributed by atoms with Gasteiger partial charge in [0.25, 0.3) is 0 Å². The number of alkyl halides is 1. The minimum absolute atomic E-state index is 0.199. The van der Waals surface area contributed by atoms with E-state index < -0.39 is 10.0 Å². The Morgan fingerprint density at radius 2 is 2.00 bits per heavy atom. The van der Waals surface area contributed by atoms with Crippen LogP contribution in [0, 0.1) is 0 Å². The van der Waals surface area contributed by atoms with Crippen LogP contribution in [0.25, 0.3) is 0 Å². The first-order chi connectivity index (χ1) is 7.04. The first-order valence-electron chi connectivity index (χ1n) is 5.15. The fourth-order valence-electron chi connectivity index (χ4n) is 1.13. The number of halogens is 1. The van der Waals surface area contributed by atoms with Gasteiger partial charge in [-0.3, -0.25) is 0 Å². The summed E-state index contributed by atoms with van der Waals surface area (Å²) in [6.45, 7) is 4.16. The Labute approximate surface area is 98.2 Å². The minimum atomic E-state index is -3.07. The summed E-state index contributed by atoms with van der Waals surface area (Å²) in [5.41, 5.74) is 0. The normalized spacial score (nSPS) is 11.9. The van der Waals surface area contributed by atoms with Crippen molar-refractivity contribution >= 4 is 21.6 Å². The highest BCUT2D eigenvalue weighted by Crippen LogP contribution is 2.05. The molecule has 5 heteroatoms. The number of nitrogens with zero attached hydrogens (tertiary/aromatic N) is 1. The molecule has 15 heavy (non-hydrogen) atoms. The monoisotopic (exact) mass is 253 g/mol. The molecule has 0 saturated heterocycles. The Kier molecular flexibility index (Phi) is 8.10. The quantitative estimate of drug-likeness (QED) is 0.359. The second kappa shape index (κ2) is 8.13. The first-order valence-corrected chi connectivity index (χ1v) is 7.30. The van der Waals surface area contributed by atoms with Crippen LogP contribution in [0.4, 0.5) is 0 Å². The number of unbranched alkanes of at least 4 members (excludes halogenated alkanes) is 2. The summed E-state index contributed by atoms with van der Waals surface area (Å²) in [5.74, 6) is 0.722. The van der Waals surface area contributed by atoms with Crippen LogP contribution in [-0.4, -0.2) is 37.9 Å². The first kappa shape index (κ1) is 14.9. The Balaban J connectivity index is 3.91. The van der Waals surface area contributed by atoms with E-state index in [-0.39, 0.29) is 5.75 Å². The van der Waals surface area contributed by atoms with E-state index in [1.165, 1.54) is 4.31 Å². The van der Waals surface area contributed by atoms with Crippen LogP contribution in [0.15, 0.2) is 12.7 Å². The Morgan fingerprint density at radius 1 is 1.33 bits per heavy atom. The highest BCUT2D eigenvalue weighted by Gasteiger charge is 2.15. The van der Waals surface area contributed by atoms with Crippen LogP contribution in [0.3, 0.4) is 0 Å². The van der Waals surface area contributed by atoms with Crippen molar-refractivity contribution in [2.75, 3.05) is 25.2 Å². The van der Waals surface area contributed by atoms with Crippen molar-refractivity contribution in [3.63, 3.8) is 0 Å². The highest BCUT2D eigenvalue weighted by molar-refractivity contribution is 7.89. The summed E-state index contributed by atoms with van der Waals surface area (Å²) < 4.78 is 24.7. The van der Waals surface area contributed by atoms with E-state index in [9.17, 15) is 8.42 Å². The Hall–Kier alpha value is -0.0600. The molecule has 0 spiro atoms. The number of hydrogen-bond acceptors (Lipinski definition) is 2. The molecule has 0 radical (unpaired) electrons. The third kappa shape index (κ3) is 6.93. The molecule has 90 valence electrons. The van der Waals surface area contributed by atoms with Crippen molar-refractivity contribution in [1.82, 2.24) is 4.31 Å². The van der Waals surface area contributed by atoms with Gasteiger partial charge in [0.2, 0.25) is 10.0 Å². The SMILES string of the molecule is C=CCCCN(C)S(=O)(=O)CCCCCl. The lowest BCUT2D eigenvalue weighted by molar-refractivity contribution is 0.461. The maximum Gasteiger partial charge on any atom is 0.213 e. The van der Waals surface area contributed by atoms with Crippen molar-refractivity contribution in [2.24, 2.45) is 0 Å². The van der Waals surface area contributed by atoms with E-state index in [1.807, 2.05) is 0 Å². The van der Waals surface area contributed by atoms with E-state index in [4.69, 9.17) is 11.6 Å². The van der Waals surface area contributed by atoms with Crippen molar-refractivity contribution in [2.45, 2.75) is 25.7 Å². The van der Waals surface area contributed by atoms with Crippen molar-refractivity contribution < 1.29 is 8.42 Å². The maximum absolute atomic E-state index is 11.7. The summed E-state index contributed by atoms with van der Waals surface area (Å²) in [7, 11) is -1.45. The van der Waals surface area contributed by atoms with Gasteiger partial charge in [0.1, 0.15) is 0 Å². The van der Waals surface area contributed by atoms with Crippen LogP contribution < -0.4 is 0 Å². The fourth-order valence-corrected chi connectivity index (χ4v) is 2.61. The summed E-state index contributed by atoms with van der Waals surface area (Å²) in [6, 6.07) is 0. The van der Waals surface area contributed by atoms with Crippen LogP contribution in [0.2, 0.25) is 0 Å². The molecule has 0 aromatic heterocycles. The molecule has 0 aliphatic rings. The second-order valence-electron chi connectivity index (χ2n) is 3.46. The molecule has 0 saturated carbocycles. The lowest BCUT2D eigenvalue weighted by atomic mass is 10.3. The lowest BCUT2D eigenvalue weighted by Gasteiger charge is -2.16. The Morgan fingerprint density at radius 3 is 2.53 bits per heavy atom. The van der Waals surface area contributed by atoms with Gasteiger partial charge in [-0.05, 0) is 25.7 Å². The van der Waals surface area contributed by atoms with Crippen LogP contribution in [0.1, 0.15) is 25.7 Å². The zero-order valence-electron chi connectivity index (χ0n) is 9.28. The van der Waals surface area contributed by atoms with Gasteiger partial charge in [0, 0.05) is 19.5 Å². The summed E-state index contributed by atoms with van der Waals surface area (Å²) >= 11 is 5.49.